The zero-order valence-electron chi connectivity index (χ0n) is 23.7. The second-order valence-corrected chi connectivity index (χ2v) is 11.8. The third-order valence-electron chi connectivity index (χ3n) is 8.20. The number of amides is 2. The molecule has 0 aliphatic carbocycles. The number of carbonyl (C=O) groups is 2. The van der Waals surface area contributed by atoms with Crippen LogP contribution in [0.2, 0.25) is 0 Å². The number of likely N-dealkylation sites (tertiary alicyclic amines) is 1. The Kier molecular flexibility index (Phi) is 9.35. The van der Waals surface area contributed by atoms with Gasteiger partial charge in [0.05, 0.1) is 11.5 Å². The molecule has 6 heteroatoms. The molecule has 2 heterocycles. The van der Waals surface area contributed by atoms with Gasteiger partial charge in [0.15, 0.2) is 0 Å². The normalized spacial score (nSPS) is 20.4. The van der Waals surface area contributed by atoms with Crippen molar-refractivity contribution in [1.29, 1.82) is 0 Å². The summed E-state index contributed by atoms with van der Waals surface area (Å²) in [6.07, 6.45) is 7.32. The van der Waals surface area contributed by atoms with Crippen molar-refractivity contribution in [2.24, 2.45) is 11.3 Å². The van der Waals surface area contributed by atoms with Gasteiger partial charge in [-0.3, -0.25) is 9.59 Å². The minimum atomic E-state index is -0.432. The summed E-state index contributed by atoms with van der Waals surface area (Å²) in [4.78, 5) is 31.2. The Labute approximate surface area is 228 Å². The van der Waals surface area contributed by atoms with Crippen LogP contribution in [0.4, 0.5) is 5.69 Å². The van der Waals surface area contributed by atoms with Crippen molar-refractivity contribution in [3.8, 4) is 5.75 Å². The highest BCUT2D eigenvalue weighted by Gasteiger charge is 2.42. The number of hydrogen-bond acceptors (Lipinski definition) is 4. The number of carbonyl (C=O) groups excluding carboxylic acids is 2. The van der Waals surface area contributed by atoms with Crippen molar-refractivity contribution in [3.63, 3.8) is 0 Å². The van der Waals surface area contributed by atoms with Crippen LogP contribution in [0.15, 0.2) is 48.5 Å². The van der Waals surface area contributed by atoms with Gasteiger partial charge < -0.3 is 19.9 Å². The van der Waals surface area contributed by atoms with E-state index >= 15 is 0 Å². The third-order valence-corrected chi connectivity index (χ3v) is 8.20. The van der Waals surface area contributed by atoms with Crippen LogP contribution in [0, 0.1) is 11.3 Å². The summed E-state index contributed by atoms with van der Waals surface area (Å²) in [6.45, 7) is 6.06. The molecule has 1 fully saturated rings. The first kappa shape index (κ1) is 28.0. The molecule has 1 atom stereocenters. The van der Waals surface area contributed by atoms with Gasteiger partial charge in [0, 0.05) is 38.4 Å². The van der Waals surface area contributed by atoms with E-state index in [0.29, 0.717) is 44.0 Å². The fourth-order valence-corrected chi connectivity index (χ4v) is 5.90. The third kappa shape index (κ3) is 6.89. The van der Waals surface area contributed by atoms with Crippen molar-refractivity contribution in [3.05, 3.63) is 59.7 Å². The number of para-hydroxylation sites is 1. The quantitative estimate of drug-likeness (QED) is 0.563. The van der Waals surface area contributed by atoms with Crippen LogP contribution in [-0.4, -0.2) is 56.5 Å². The molecular weight excluding hydrogens is 474 g/mol. The minimum Gasteiger partial charge on any atom is -0.491 e. The molecule has 0 radical (unpaired) electrons. The number of nitrogens with one attached hydrogen (secondary N) is 1. The number of aryl methyl sites for hydroxylation is 1. The predicted octanol–water partition coefficient (Wildman–Crippen LogP) is 5.70. The van der Waals surface area contributed by atoms with Crippen molar-refractivity contribution in [1.82, 2.24) is 10.2 Å². The van der Waals surface area contributed by atoms with Crippen molar-refractivity contribution in [2.45, 2.75) is 71.3 Å². The van der Waals surface area contributed by atoms with E-state index in [0.717, 1.165) is 50.0 Å². The first-order valence-electron chi connectivity index (χ1n) is 14.4. The lowest BCUT2D eigenvalue weighted by molar-refractivity contribution is -0.135. The molecule has 4 rings (SSSR count). The van der Waals surface area contributed by atoms with Gasteiger partial charge in [-0.1, -0.05) is 51.0 Å². The Morgan fingerprint density at radius 2 is 1.82 bits per heavy atom. The van der Waals surface area contributed by atoms with Gasteiger partial charge >= 0.3 is 0 Å². The summed E-state index contributed by atoms with van der Waals surface area (Å²) in [5.41, 5.74) is 2.54. The second kappa shape index (κ2) is 12.7. The van der Waals surface area contributed by atoms with Gasteiger partial charge in [0.2, 0.25) is 5.91 Å². The smallest absolute Gasteiger partial charge is 0.253 e. The molecule has 38 heavy (non-hydrogen) atoms. The fraction of sp³-hybridized carbons (Fsp3) is 0.562. The fourth-order valence-electron chi connectivity index (χ4n) is 5.90. The van der Waals surface area contributed by atoms with Gasteiger partial charge in [0.1, 0.15) is 12.4 Å². The molecule has 0 unspecified atom stereocenters. The lowest BCUT2D eigenvalue weighted by atomic mass is 9.73. The zero-order valence-corrected chi connectivity index (χ0v) is 23.7. The van der Waals surface area contributed by atoms with Crippen LogP contribution in [0.5, 0.6) is 5.75 Å². The Bertz CT molecular complexity index is 1090. The molecule has 0 bridgehead atoms. The van der Waals surface area contributed by atoms with Crippen LogP contribution < -0.4 is 15.0 Å². The summed E-state index contributed by atoms with van der Waals surface area (Å²) >= 11 is 0. The lowest BCUT2D eigenvalue weighted by Gasteiger charge is -2.41. The second-order valence-electron chi connectivity index (χ2n) is 11.8. The zero-order chi connectivity index (χ0) is 27.1. The summed E-state index contributed by atoms with van der Waals surface area (Å²) in [6, 6.07) is 16.1. The molecule has 6 nitrogen and oxygen atoms in total. The van der Waals surface area contributed by atoms with Crippen LogP contribution in [-0.2, 0) is 11.2 Å². The molecule has 0 saturated carbocycles. The van der Waals surface area contributed by atoms with Crippen molar-refractivity contribution in [2.75, 3.05) is 38.7 Å². The van der Waals surface area contributed by atoms with Crippen LogP contribution in [0.1, 0.15) is 74.7 Å². The average Bonchev–Trinajstić information content (AvgIpc) is 2.92. The highest BCUT2D eigenvalue weighted by molar-refractivity contribution is 5.95. The molecular formula is C32H45N3O3. The number of anilines is 1. The molecule has 1 saturated heterocycles. The van der Waals surface area contributed by atoms with Gasteiger partial charge in [0.25, 0.3) is 5.91 Å². The predicted molar refractivity (Wildman–Crippen MR) is 154 cm³/mol. The number of piperidine rings is 1. The Balaban J connectivity index is 1.48. The van der Waals surface area contributed by atoms with E-state index in [1.54, 1.807) is 0 Å². The van der Waals surface area contributed by atoms with Gasteiger partial charge in [-0.05, 0) is 74.3 Å². The van der Waals surface area contributed by atoms with E-state index in [2.05, 4.69) is 31.3 Å². The molecule has 2 amide bonds. The molecule has 206 valence electrons. The first-order valence-corrected chi connectivity index (χ1v) is 14.4. The minimum absolute atomic E-state index is 0.0402. The Morgan fingerprint density at radius 1 is 1.05 bits per heavy atom. The van der Waals surface area contributed by atoms with Gasteiger partial charge in [-0.25, -0.2) is 0 Å². The Morgan fingerprint density at radius 3 is 2.55 bits per heavy atom. The highest BCUT2D eigenvalue weighted by atomic mass is 16.5. The topological polar surface area (TPSA) is 61.9 Å². The van der Waals surface area contributed by atoms with Crippen molar-refractivity contribution < 1.29 is 14.3 Å². The van der Waals surface area contributed by atoms with E-state index in [-0.39, 0.29) is 17.9 Å². The van der Waals surface area contributed by atoms with E-state index in [4.69, 9.17) is 4.74 Å². The number of ether oxygens (including phenoxy) is 1. The van der Waals surface area contributed by atoms with Crippen LogP contribution in [0.3, 0.4) is 0 Å². The first-order chi connectivity index (χ1) is 18.3. The molecule has 1 spiro atoms. The molecule has 1 N–H and O–H groups in total. The van der Waals surface area contributed by atoms with Crippen LogP contribution >= 0.6 is 0 Å². The molecule has 2 aromatic carbocycles. The molecule has 0 aromatic heterocycles. The number of nitrogens with zero attached hydrogens (tertiary/aromatic N) is 2. The van der Waals surface area contributed by atoms with E-state index < -0.39 is 5.41 Å². The molecule has 2 aliphatic heterocycles. The SMILES string of the molecule is CC(C)C[C@H]1COc2ccccc2CCCCCC2(CCN(C(=O)c3cccc(N(C)C)c3)CC2)C(=O)N1. The maximum absolute atomic E-state index is 13.9. The highest BCUT2D eigenvalue weighted by Crippen LogP contribution is 2.38. The van der Waals surface area contributed by atoms with E-state index in [1.807, 2.05) is 60.3 Å². The summed E-state index contributed by atoms with van der Waals surface area (Å²) < 4.78 is 6.29. The summed E-state index contributed by atoms with van der Waals surface area (Å²) in [5.74, 6) is 1.58. The van der Waals surface area contributed by atoms with Gasteiger partial charge in [-0.15, -0.1) is 0 Å². The number of hydrogen-bond donors (Lipinski definition) is 1. The Hall–Kier alpha value is -3.02. The molecule has 2 aromatic rings. The lowest BCUT2D eigenvalue weighted by Crippen LogP contribution is -2.53. The maximum Gasteiger partial charge on any atom is 0.253 e. The largest absolute Gasteiger partial charge is 0.491 e. The van der Waals surface area contributed by atoms with Gasteiger partial charge in [-0.2, -0.15) is 0 Å². The standard InChI is InChI=1S/C32H45N3O3/c1-24(2)21-27-23-38-29-15-8-7-12-25(29)11-6-5-9-16-32(31(37)33-27)17-19-35(20-18-32)30(36)26-13-10-14-28(22-26)34(3)4/h7-8,10,12-15,22,24,27H,5-6,9,11,16-21,23H2,1-4H3,(H,33,37)/t27-/m0/s1. The maximum atomic E-state index is 13.9. The number of benzene rings is 2. The van der Waals surface area contributed by atoms with E-state index in [9.17, 15) is 9.59 Å². The van der Waals surface area contributed by atoms with Crippen molar-refractivity contribution >= 4 is 17.5 Å². The molecule has 2 aliphatic rings. The summed E-state index contributed by atoms with van der Waals surface area (Å²) in [7, 11) is 3.96. The van der Waals surface area contributed by atoms with Crippen LogP contribution in [0.25, 0.3) is 0 Å². The number of rotatable bonds is 4. The average molecular weight is 520 g/mol. The summed E-state index contributed by atoms with van der Waals surface area (Å²) in [5, 5.41) is 3.40. The monoisotopic (exact) mass is 519 g/mol. The number of fused-ring (bicyclic) bond motifs is 1. The van der Waals surface area contributed by atoms with E-state index in [1.165, 1.54) is 5.56 Å².